The highest BCUT2D eigenvalue weighted by Gasteiger charge is 2.11. The highest BCUT2D eigenvalue weighted by molar-refractivity contribution is 7.91. The van der Waals surface area contributed by atoms with Gasteiger partial charge in [0.25, 0.3) is 0 Å². The number of furan rings is 1. The summed E-state index contributed by atoms with van der Waals surface area (Å²) in [6.07, 6.45) is 2.29. The summed E-state index contributed by atoms with van der Waals surface area (Å²) in [5, 5.41) is 3.13. The molecule has 4 nitrogen and oxygen atoms in total. The Bertz CT molecular complexity index is 383. The Morgan fingerprint density at radius 2 is 2.19 bits per heavy atom. The van der Waals surface area contributed by atoms with Gasteiger partial charge in [0.1, 0.15) is 5.76 Å². The summed E-state index contributed by atoms with van der Waals surface area (Å²) in [6, 6.07) is 3.74. The predicted octanol–water partition coefficient (Wildman–Crippen LogP) is 1.76. The molecule has 1 N–H and O–H groups in total. The quantitative estimate of drug-likeness (QED) is 0.795. The van der Waals surface area contributed by atoms with Crippen LogP contribution >= 0.6 is 0 Å². The van der Waals surface area contributed by atoms with Crippen LogP contribution in [0.1, 0.15) is 32.1 Å². The standard InChI is InChI=1S/C11H19NO3S/c1-3-8-16(13,14)9-6-12-10(2)11-5-4-7-15-11/h4-5,7,10,12H,3,6,8-9H2,1-2H3/t10-/m0/s1. The van der Waals surface area contributed by atoms with Gasteiger partial charge in [-0.3, -0.25) is 0 Å². The first kappa shape index (κ1) is 13.3. The number of sulfone groups is 1. The average Bonchev–Trinajstić information content (AvgIpc) is 2.69. The van der Waals surface area contributed by atoms with Crippen LogP contribution in [0.4, 0.5) is 0 Å². The highest BCUT2D eigenvalue weighted by atomic mass is 32.2. The van der Waals surface area contributed by atoms with E-state index in [1.807, 2.05) is 26.0 Å². The zero-order valence-corrected chi connectivity index (χ0v) is 10.6. The van der Waals surface area contributed by atoms with Crippen LogP contribution in [0, 0.1) is 0 Å². The third-order valence-corrected chi connectivity index (χ3v) is 4.21. The Morgan fingerprint density at radius 1 is 1.44 bits per heavy atom. The molecule has 0 amide bonds. The maximum absolute atomic E-state index is 11.4. The van der Waals surface area contributed by atoms with E-state index < -0.39 is 9.84 Å². The molecule has 0 radical (unpaired) electrons. The van der Waals surface area contributed by atoms with E-state index in [0.29, 0.717) is 13.0 Å². The van der Waals surface area contributed by atoms with Crippen LogP contribution in [0.15, 0.2) is 22.8 Å². The van der Waals surface area contributed by atoms with Crippen molar-refractivity contribution in [3.63, 3.8) is 0 Å². The van der Waals surface area contributed by atoms with Gasteiger partial charge < -0.3 is 9.73 Å². The molecule has 0 aliphatic carbocycles. The highest BCUT2D eigenvalue weighted by Crippen LogP contribution is 2.11. The third kappa shape index (κ3) is 4.37. The first-order valence-electron chi connectivity index (χ1n) is 5.52. The van der Waals surface area contributed by atoms with Gasteiger partial charge in [0.05, 0.1) is 18.1 Å². The number of hydrogen-bond donors (Lipinski definition) is 1. The molecule has 92 valence electrons. The van der Waals surface area contributed by atoms with Gasteiger partial charge in [0.2, 0.25) is 0 Å². The summed E-state index contributed by atoms with van der Waals surface area (Å²) in [7, 11) is -2.89. The summed E-state index contributed by atoms with van der Waals surface area (Å²) in [6.45, 7) is 4.28. The van der Waals surface area contributed by atoms with Crippen molar-refractivity contribution in [1.82, 2.24) is 5.32 Å². The van der Waals surface area contributed by atoms with E-state index in [-0.39, 0.29) is 17.5 Å². The van der Waals surface area contributed by atoms with Gasteiger partial charge in [-0.15, -0.1) is 0 Å². The Labute approximate surface area is 97.0 Å². The maximum atomic E-state index is 11.4. The molecular weight excluding hydrogens is 226 g/mol. The lowest BCUT2D eigenvalue weighted by Crippen LogP contribution is -2.26. The molecule has 0 aromatic carbocycles. The fourth-order valence-corrected chi connectivity index (χ4v) is 2.74. The summed E-state index contributed by atoms with van der Waals surface area (Å²) in [5.41, 5.74) is 0. The van der Waals surface area contributed by atoms with Crippen molar-refractivity contribution in [3.05, 3.63) is 24.2 Å². The lowest BCUT2D eigenvalue weighted by molar-refractivity contribution is 0.437. The molecule has 0 aliphatic heterocycles. The van der Waals surface area contributed by atoms with Crippen LogP contribution in [0.2, 0.25) is 0 Å². The largest absolute Gasteiger partial charge is 0.468 e. The molecule has 1 aromatic rings. The second-order valence-electron chi connectivity index (χ2n) is 3.84. The smallest absolute Gasteiger partial charge is 0.151 e. The molecule has 0 unspecified atom stereocenters. The van der Waals surface area contributed by atoms with Crippen molar-refractivity contribution >= 4 is 9.84 Å². The molecule has 16 heavy (non-hydrogen) atoms. The Kier molecular flexibility index (Phi) is 5.02. The van der Waals surface area contributed by atoms with Gasteiger partial charge in [-0.2, -0.15) is 0 Å². The molecule has 0 aliphatic rings. The number of hydrogen-bond acceptors (Lipinski definition) is 4. The van der Waals surface area contributed by atoms with Crippen molar-refractivity contribution in [2.45, 2.75) is 26.3 Å². The fraction of sp³-hybridized carbons (Fsp3) is 0.636. The zero-order valence-electron chi connectivity index (χ0n) is 9.77. The summed E-state index contributed by atoms with van der Waals surface area (Å²) in [4.78, 5) is 0. The first-order chi connectivity index (χ1) is 7.55. The molecule has 1 rings (SSSR count). The molecule has 1 aromatic heterocycles. The average molecular weight is 245 g/mol. The second-order valence-corrected chi connectivity index (χ2v) is 6.15. The number of nitrogens with one attached hydrogen (secondary N) is 1. The SMILES string of the molecule is CCCS(=O)(=O)CCN[C@@H](C)c1ccco1. The lowest BCUT2D eigenvalue weighted by Gasteiger charge is -2.11. The van der Waals surface area contributed by atoms with Crippen LogP contribution in [0.3, 0.4) is 0 Å². The van der Waals surface area contributed by atoms with E-state index in [1.54, 1.807) is 6.26 Å². The van der Waals surface area contributed by atoms with Gasteiger partial charge in [-0.25, -0.2) is 8.42 Å². The van der Waals surface area contributed by atoms with Crippen LogP contribution in [0.5, 0.6) is 0 Å². The Morgan fingerprint density at radius 3 is 2.75 bits per heavy atom. The molecule has 0 bridgehead atoms. The zero-order chi connectivity index (χ0) is 12.0. The van der Waals surface area contributed by atoms with Crippen molar-refractivity contribution in [2.24, 2.45) is 0 Å². The van der Waals surface area contributed by atoms with Gasteiger partial charge in [-0.1, -0.05) is 6.92 Å². The summed E-state index contributed by atoms with van der Waals surface area (Å²) in [5.74, 6) is 1.28. The van der Waals surface area contributed by atoms with E-state index >= 15 is 0 Å². The van der Waals surface area contributed by atoms with Crippen molar-refractivity contribution in [1.29, 1.82) is 0 Å². The molecule has 0 spiro atoms. The van der Waals surface area contributed by atoms with E-state index in [0.717, 1.165) is 5.76 Å². The Balaban J connectivity index is 2.31. The predicted molar refractivity (Wildman–Crippen MR) is 64.1 cm³/mol. The van der Waals surface area contributed by atoms with Crippen LogP contribution in [-0.2, 0) is 9.84 Å². The molecule has 0 saturated carbocycles. The van der Waals surface area contributed by atoms with Crippen LogP contribution < -0.4 is 5.32 Å². The fourth-order valence-electron chi connectivity index (χ4n) is 1.48. The topological polar surface area (TPSA) is 59.3 Å². The minimum absolute atomic E-state index is 0.0480. The molecule has 1 heterocycles. The molecule has 1 atom stereocenters. The Hall–Kier alpha value is -0.810. The normalized spacial score (nSPS) is 13.9. The lowest BCUT2D eigenvalue weighted by atomic mass is 10.2. The summed E-state index contributed by atoms with van der Waals surface area (Å²) >= 11 is 0. The van der Waals surface area contributed by atoms with Crippen molar-refractivity contribution in [2.75, 3.05) is 18.1 Å². The maximum Gasteiger partial charge on any atom is 0.151 e. The van der Waals surface area contributed by atoms with Gasteiger partial charge >= 0.3 is 0 Å². The second kappa shape index (κ2) is 6.06. The van der Waals surface area contributed by atoms with E-state index in [9.17, 15) is 8.42 Å². The van der Waals surface area contributed by atoms with E-state index in [1.165, 1.54) is 0 Å². The minimum Gasteiger partial charge on any atom is -0.468 e. The van der Waals surface area contributed by atoms with Gasteiger partial charge in [0, 0.05) is 12.3 Å². The van der Waals surface area contributed by atoms with Gasteiger partial charge in [0.15, 0.2) is 9.84 Å². The molecule has 0 fully saturated rings. The van der Waals surface area contributed by atoms with Crippen LogP contribution in [0.25, 0.3) is 0 Å². The van der Waals surface area contributed by atoms with Gasteiger partial charge in [-0.05, 0) is 25.5 Å². The molecular formula is C11H19NO3S. The third-order valence-electron chi connectivity index (χ3n) is 2.35. The monoisotopic (exact) mass is 245 g/mol. The molecule has 0 saturated heterocycles. The number of rotatable bonds is 7. The van der Waals surface area contributed by atoms with E-state index in [2.05, 4.69) is 5.32 Å². The molecule has 5 heteroatoms. The van der Waals surface area contributed by atoms with Crippen molar-refractivity contribution < 1.29 is 12.8 Å². The van der Waals surface area contributed by atoms with Crippen LogP contribution in [-0.4, -0.2) is 26.5 Å². The van der Waals surface area contributed by atoms with Crippen molar-refractivity contribution in [3.8, 4) is 0 Å². The van der Waals surface area contributed by atoms with E-state index in [4.69, 9.17) is 4.42 Å². The first-order valence-corrected chi connectivity index (χ1v) is 7.34. The summed E-state index contributed by atoms with van der Waals surface area (Å²) < 4.78 is 28.1. The minimum atomic E-state index is -2.89.